The van der Waals surface area contributed by atoms with Gasteiger partial charge >= 0.3 is 0 Å². The molecule has 0 unspecified atom stereocenters. The lowest BCUT2D eigenvalue weighted by Gasteiger charge is -2.20. The fourth-order valence-corrected chi connectivity index (χ4v) is 3.47. The van der Waals surface area contributed by atoms with Gasteiger partial charge in [0, 0.05) is 55.9 Å². The van der Waals surface area contributed by atoms with Crippen LogP contribution in [0.3, 0.4) is 0 Å². The van der Waals surface area contributed by atoms with Crippen molar-refractivity contribution >= 4 is 0 Å². The average Bonchev–Trinajstić information content (AvgIpc) is 3.08. The maximum Gasteiger partial charge on any atom is 0.165 e. The van der Waals surface area contributed by atoms with E-state index in [4.69, 9.17) is 4.74 Å². The molecule has 140 valence electrons. The largest absolute Gasteiger partial charge is 0.504 e. The van der Waals surface area contributed by atoms with Crippen molar-refractivity contribution in [1.29, 1.82) is 0 Å². The Morgan fingerprint density at radius 2 is 1.96 bits per heavy atom. The zero-order valence-electron chi connectivity index (χ0n) is 15.7. The Morgan fingerprint density at radius 1 is 1.15 bits per heavy atom. The lowest BCUT2D eigenvalue weighted by molar-refractivity contribution is 0.217. The van der Waals surface area contributed by atoms with Crippen molar-refractivity contribution in [2.75, 3.05) is 19.7 Å². The van der Waals surface area contributed by atoms with E-state index in [0.717, 1.165) is 54.4 Å². The molecule has 0 aliphatic carbocycles. The number of benzene rings is 1. The van der Waals surface area contributed by atoms with Crippen LogP contribution in [0, 0.1) is 13.8 Å². The van der Waals surface area contributed by atoms with Gasteiger partial charge in [-0.15, -0.1) is 0 Å². The Morgan fingerprint density at radius 3 is 2.78 bits per heavy atom. The molecule has 1 aliphatic rings. The monoisotopic (exact) mass is 364 g/mol. The highest BCUT2D eigenvalue weighted by Crippen LogP contribution is 2.37. The highest BCUT2D eigenvalue weighted by atomic mass is 16.5. The first kappa shape index (κ1) is 17.5. The van der Waals surface area contributed by atoms with Crippen LogP contribution in [0.2, 0.25) is 0 Å². The molecule has 4 rings (SSSR count). The summed E-state index contributed by atoms with van der Waals surface area (Å²) in [7, 11) is 0. The van der Waals surface area contributed by atoms with Crippen LogP contribution in [-0.2, 0) is 13.1 Å². The van der Waals surface area contributed by atoms with E-state index in [0.29, 0.717) is 12.4 Å². The minimum Gasteiger partial charge on any atom is -0.504 e. The van der Waals surface area contributed by atoms with Crippen molar-refractivity contribution < 1.29 is 9.84 Å². The minimum absolute atomic E-state index is 0.164. The summed E-state index contributed by atoms with van der Waals surface area (Å²) < 4.78 is 8.03. The van der Waals surface area contributed by atoms with E-state index in [1.165, 1.54) is 0 Å². The number of aryl methyl sites for hydroxylation is 2. The number of hydrogen-bond donors (Lipinski definition) is 1. The summed E-state index contributed by atoms with van der Waals surface area (Å²) in [5.74, 6) is 0.748. The van der Waals surface area contributed by atoms with E-state index in [2.05, 4.69) is 37.9 Å². The van der Waals surface area contributed by atoms with Crippen LogP contribution in [0.25, 0.3) is 11.3 Å². The standard InChI is InChI=1S/C21H24N4O2/c1-15-13-22-16(2)20(23-15)17-11-18-14-25(8-7-24-5-3-4-6-24)9-10-27-21(18)19(26)12-17/h3-6,11-13,26H,7-10,14H2,1-2H3. The molecular formula is C21H24N4O2. The van der Waals surface area contributed by atoms with Gasteiger partial charge in [0.1, 0.15) is 6.61 Å². The van der Waals surface area contributed by atoms with Crippen LogP contribution in [0.5, 0.6) is 11.5 Å². The minimum atomic E-state index is 0.164. The summed E-state index contributed by atoms with van der Waals surface area (Å²) in [5.41, 5.74) is 4.36. The molecule has 1 aliphatic heterocycles. The second-order valence-electron chi connectivity index (χ2n) is 6.97. The van der Waals surface area contributed by atoms with Gasteiger partial charge in [-0.3, -0.25) is 9.88 Å². The van der Waals surface area contributed by atoms with E-state index < -0.39 is 0 Å². The molecule has 1 aromatic carbocycles. The van der Waals surface area contributed by atoms with Crippen molar-refractivity contribution in [3.8, 4) is 22.8 Å². The zero-order valence-corrected chi connectivity index (χ0v) is 15.7. The summed E-state index contributed by atoms with van der Waals surface area (Å²) in [5, 5.41) is 10.6. The third-order valence-electron chi connectivity index (χ3n) is 4.88. The van der Waals surface area contributed by atoms with Gasteiger partial charge in [-0.2, -0.15) is 0 Å². The second kappa shape index (κ2) is 7.40. The average molecular weight is 364 g/mol. The molecule has 0 bridgehead atoms. The van der Waals surface area contributed by atoms with Crippen molar-refractivity contribution in [2.24, 2.45) is 0 Å². The van der Waals surface area contributed by atoms with Gasteiger partial charge in [-0.25, -0.2) is 4.98 Å². The van der Waals surface area contributed by atoms with Crippen molar-refractivity contribution in [3.05, 3.63) is 59.8 Å². The molecular weight excluding hydrogens is 340 g/mol. The summed E-state index contributed by atoms with van der Waals surface area (Å²) >= 11 is 0. The van der Waals surface area contributed by atoms with Gasteiger partial charge in [-0.1, -0.05) is 0 Å². The van der Waals surface area contributed by atoms with E-state index in [-0.39, 0.29) is 5.75 Å². The lowest BCUT2D eigenvalue weighted by Crippen LogP contribution is -2.29. The lowest BCUT2D eigenvalue weighted by atomic mass is 10.0. The molecule has 1 N–H and O–H groups in total. The van der Waals surface area contributed by atoms with Gasteiger partial charge in [-0.05, 0) is 38.1 Å². The Hall–Kier alpha value is -2.86. The summed E-state index contributed by atoms with van der Waals surface area (Å²) in [6.45, 7) is 7.83. The van der Waals surface area contributed by atoms with E-state index in [9.17, 15) is 5.11 Å². The highest BCUT2D eigenvalue weighted by molar-refractivity contribution is 5.67. The van der Waals surface area contributed by atoms with Crippen LogP contribution < -0.4 is 4.74 Å². The summed E-state index contributed by atoms with van der Waals surface area (Å²) in [6.07, 6.45) is 5.91. The zero-order chi connectivity index (χ0) is 18.8. The Bertz CT molecular complexity index is 938. The SMILES string of the molecule is Cc1cnc(C)c(-c2cc(O)c3c(c2)CN(CCn2cccc2)CCO3)n1. The van der Waals surface area contributed by atoms with Gasteiger partial charge in [0.05, 0.1) is 17.1 Å². The molecule has 27 heavy (non-hydrogen) atoms. The Kier molecular flexibility index (Phi) is 4.81. The van der Waals surface area contributed by atoms with Crippen LogP contribution in [0.15, 0.2) is 42.9 Å². The Balaban J connectivity index is 1.62. The number of phenolic OH excluding ortho intramolecular Hbond substituents is 1. The molecule has 0 saturated carbocycles. The normalized spacial score (nSPS) is 14.4. The van der Waals surface area contributed by atoms with Crippen LogP contribution in [0.1, 0.15) is 17.0 Å². The first-order valence-electron chi connectivity index (χ1n) is 9.22. The molecule has 0 saturated heterocycles. The van der Waals surface area contributed by atoms with E-state index >= 15 is 0 Å². The fourth-order valence-electron chi connectivity index (χ4n) is 3.47. The predicted octanol–water partition coefficient (Wildman–Crippen LogP) is 3.16. The molecule has 3 heterocycles. The third-order valence-corrected chi connectivity index (χ3v) is 4.88. The maximum atomic E-state index is 10.6. The fraction of sp³-hybridized carbons (Fsp3) is 0.333. The molecule has 0 amide bonds. The summed E-state index contributed by atoms with van der Waals surface area (Å²) in [4.78, 5) is 11.4. The first-order valence-corrected chi connectivity index (χ1v) is 9.22. The molecule has 2 aromatic heterocycles. The number of phenols is 1. The van der Waals surface area contributed by atoms with E-state index in [1.807, 2.05) is 26.0 Å². The van der Waals surface area contributed by atoms with E-state index in [1.54, 1.807) is 12.3 Å². The molecule has 6 nitrogen and oxygen atoms in total. The molecule has 3 aromatic rings. The molecule has 6 heteroatoms. The topological polar surface area (TPSA) is 63.4 Å². The maximum absolute atomic E-state index is 10.6. The third kappa shape index (κ3) is 3.80. The molecule has 0 spiro atoms. The van der Waals surface area contributed by atoms with Gasteiger partial charge in [0.2, 0.25) is 0 Å². The molecule has 0 fully saturated rings. The van der Waals surface area contributed by atoms with Crippen molar-refractivity contribution in [2.45, 2.75) is 26.9 Å². The van der Waals surface area contributed by atoms with Crippen LogP contribution >= 0.6 is 0 Å². The molecule has 0 atom stereocenters. The number of fused-ring (bicyclic) bond motifs is 1. The number of ether oxygens (including phenoxy) is 1. The number of rotatable bonds is 4. The molecule has 0 radical (unpaired) electrons. The first-order chi connectivity index (χ1) is 13.1. The number of aromatic nitrogens is 3. The quantitative estimate of drug-likeness (QED) is 0.770. The number of nitrogens with zero attached hydrogens (tertiary/aromatic N) is 4. The van der Waals surface area contributed by atoms with Gasteiger partial charge in [0.15, 0.2) is 11.5 Å². The second-order valence-corrected chi connectivity index (χ2v) is 6.97. The van der Waals surface area contributed by atoms with Crippen molar-refractivity contribution in [3.63, 3.8) is 0 Å². The predicted molar refractivity (Wildman–Crippen MR) is 104 cm³/mol. The Labute approximate surface area is 159 Å². The van der Waals surface area contributed by atoms with Gasteiger partial charge < -0.3 is 14.4 Å². The summed E-state index contributed by atoms with van der Waals surface area (Å²) in [6, 6.07) is 7.87. The number of aromatic hydroxyl groups is 1. The van der Waals surface area contributed by atoms with Crippen molar-refractivity contribution in [1.82, 2.24) is 19.4 Å². The van der Waals surface area contributed by atoms with Gasteiger partial charge in [0.25, 0.3) is 0 Å². The van der Waals surface area contributed by atoms with Crippen LogP contribution in [-0.4, -0.2) is 44.2 Å². The number of hydrogen-bond acceptors (Lipinski definition) is 5. The smallest absolute Gasteiger partial charge is 0.165 e. The highest BCUT2D eigenvalue weighted by Gasteiger charge is 2.20. The van der Waals surface area contributed by atoms with Crippen LogP contribution in [0.4, 0.5) is 0 Å².